The lowest BCUT2D eigenvalue weighted by molar-refractivity contribution is 0.0949. The lowest BCUT2D eigenvalue weighted by Crippen LogP contribution is -2.21. The number of rotatable bonds is 7. The molecule has 0 saturated carbocycles. The molecule has 5 rings (SSSR count). The largest absolute Gasteiger partial charge is 0.378 e. The van der Waals surface area contributed by atoms with Gasteiger partial charge in [-0.25, -0.2) is 10.1 Å². The van der Waals surface area contributed by atoms with Crippen molar-refractivity contribution in [3.63, 3.8) is 0 Å². The zero-order valence-electron chi connectivity index (χ0n) is 18.7. The Labute approximate surface area is 202 Å². The number of nitrogen functional groups attached to an aromatic ring is 1. The Hall–Kier alpha value is -4.59. The van der Waals surface area contributed by atoms with Crippen LogP contribution in [0.2, 0.25) is 0 Å². The van der Waals surface area contributed by atoms with Gasteiger partial charge in [-0.05, 0) is 39.6 Å². The Balaban J connectivity index is 1.41. The summed E-state index contributed by atoms with van der Waals surface area (Å²) >= 11 is 1.34. The summed E-state index contributed by atoms with van der Waals surface area (Å²) in [6.07, 6.45) is 1.58. The van der Waals surface area contributed by atoms with Crippen LogP contribution in [0.4, 0.5) is 5.82 Å². The van der Waals surface area contributed by atoms with E-state index in [2.05, 4.69) is 46.0 Å². The molecule has 14 heteroatoms. The molecule has 3 N–H and O–H groups in total. The molecule has 3 aromatic heterocycles. The number of fused-ring (bicyclic) bond motifs is 1. The van der Waals surface area contributed by atoms with E-state index in [9.17, 15) is 4.79 Å². The molecule has 0 spiro atoms. The first-order chi connectivity index (χ1) is 17.0. The summed E-state index contributed by atoms with van der Waals surface area (Å²) in [5.74, 6) is -0.139. The van der Waals surface area contributed by atoms with Crippen molar-refractivity contribution in [1.29, 1.82) is 0 Å². The van der Waals surface area contributed by atoms with Gasteiger partial charge in [0.25, 0.3) is 5.91 Å². The van der Waals surface area contributed by atoms with E-state index in [1.54, 1.807) is 10.9 Å². The number of hydrogen-bond donors (Lipinski definition) is 2. The Bertz CT molecular complexity index is 1550. The summed E-state index contributed by atoms with van der Waals surface area (Å²) in [4.78, 5) is 13.0. The summed E-state index contributed by atoms with van der Waals surface area (Å²) in [6.45, 7) is 1.81. The van der Waals surface area contributed by atoms with Crippen LogP contribution in [0.3, 0.4) is 0 Å². The summed E-state index contributed by atoms with van der Waals surface area (Å²) in [7, 11) is 1.81. The summed E-state index contributed by atoms with van der Waals surface area (Å²) < 4.78 is 7.74. The summed E-state index contributed by atoms with van der Waals surface area (Å²) in [6, 6.07) is 14.0. The molecule has 2 aromatic carbocycles. The fraction of sp³-hybridized carbons (Fsp3) is 0.143. The molecule has 0 atom stereocenters. The van der Waals surface area contributed by atoms with Crippen LogP contribution in [0.25, 0.3) is 16.6 Å². The molecule has 35 heavy (non-hydrogen) atoms. The van der Waals surface area contributed by atoms with Crippen LogP contribution in [0.15, 0.2) is 63.7 Å². The smallest absolute Gasteiger partial charge is 0.293 e. The number of nitrogens with zero attached hydrogens (tertiary/aromatic N) is 9. The van der Waals surface area contributed by atoms with Crippen LogP contribution >= 0.6 is 11.8 Å². The second-order valence-corrected chi connectivity index (χ2v) is 8.43. The molecule has 0 fully saturated rings. The number of aromatic nitrogens is 8. The van der Waals surface area contributed by atoms with Gasteiger partial charge in [-0.3, -0.25) is 4.79 Å². The SMILES string of the molecule is C/C(=N\NC(=O)c1nnn(-c2nonc2N)c1CSc1nncn1C)c1ccc2ccccc2c1. The predicted molar refractivity (Wildman–Crippen MR) is 128 cm³/mol. The molecule has 0 radical (unpaired) electrons. The van der Waals surface area contributed by atoms with E-state index >= 15 is 0 Å². The molecule has 3 heterocycles. The van der Waals surface area contributed by atoms with Crippen molar-refractivity contribution in [2.75, 3.05) is 5.73 Å². The van der Waals surface area contributed by atoms with Gasteiger partial charge in [0.15, 0.2) is 10.9 Å². The summed E-state index contributed by atoms with van der Waals surface area (Å²) in [5, 5.41) is 30.4. The molecule has 0 aliphatic heterocycles. The molecule has 0 aliphatic carbocycles. The number of hydrazone groups is 1. The number of amides is 1. The fourth-order valence-electron chi connectivity index (χ4n) is 3.32. The Kier molecular flexibility index (Phi) is 5.93. The first-order valence-electron chi connectivity index (χ1n) is 10.3. The van der Waals surface area contributed by atoms with Crippen LogP contribution in [0.5, 0.6) is 0 Å². The zero-order valence-corrected chi connectivity index (χ0v) is 19.5. The second kappa shape index (κ2) is 9.34. The van der Waals surface area contributed by atoms with Crippen molar-refractivity contribution in [2.24, 2.45) is 12.1 Å². The molecule has 176 valence electrons. The van der Waals surface area contributed by atoms with Crippen molar-refractivity contribution in [3.8, 4) is 5.82 Å². The third kappa shape index (κ3) is 4.46. The molecule has 0 unspecified atom stereocenters. The number of thioether (sulfide) groups is 1. The van der Waals surface area contributed by atoms with E-state index in [0.29, 0.717) is 16.6 Å². The first-order valence-corrected chi connectivity index (χ1v) is 11.3. The van der Waals surface area contributed by atoms with Gasteiger partial charge < -0.3 is 10.3 Å². The third-order valence-corrected chi connectivity index (χ3v) is 6.22. The van der Waals surface area contributed by atoms with Gasteiger partial charge in [-0.2, -0.15) is 9.78 Å². The molecule has 0 aliphatic rings. The van der Waals surface area contributed by atoms with Crippen molar-refractivity contribution in [3.05, 3.63) is 65.7 Å². The minimum absolute atomic E-state index is 0.0111. The maximum absolute atomic E-state index is 13.0. The molecular formula is C21H19N11O2S. The number of anilines is 1. The number of carbonyl (C=O) groups is 1. The minimum Gasteiger partial charge on any atom is -0.378 e. The van der Waals surface area contributed by atoms with Crippen LogP contribution in [0, 0.1) is 0 Å². The maximum Gasteiger partial charge on any atom is 0.293 e. The van der Waals surface area contributed by atoms with E-state index < -0.39 is 5.91 Å². The third-order valence-electron chi connectivity index (χ3n) is 5.17. The van der Waals surface area contributed by atoms with Crippen LogP contribution in [-0.4, -0.2) is 51.7 Å². The first kappa shape index (κ1) is 22.2. The number of aryl methyl sites for hydroxylation is 1. The van der Waals surface area contributed by atoms with Gasteiger partial charge in [0, 0.05) is 12.8 Å². The van der Waals surface area contributed by atoms with Crippen LogP contribution < -0.4 is 11.2 Å². The van der Waals surface area contributed by atoms with E-state index in [1.165, 1.54) is 16.4 Å². The normalized spacial score (nSPS) is 11.8. The number of hydrogen-bond acceptors (Lipinski definition) is 11. The molecule has 0 bridgehead atoms. The average molecular weight is 490 g/mol. The molecule has 1 amide bonds. The second-order valence-electron chi connectivity index (χ2n) is 7.48. The quantitative estimate of drug-likeness (QED) is 0.196. The Morgan fingerprint density at radius 1 is 1.17 bits per heavy atom. The lowest BCUT2D eigenvalue weighted by atomic mass is 10.0. The molecule has 5 aromatic rings. The summed E-state index contributed by atoms with van der Waals surface area (Å²) in [5.41, 5.74) is 10.4. The topological polar surface area (TPSA) is 168 Å². The minimum atomic E-state index is -0.542. The van der Waals surface area contributed by atoms with Crippen LogP contribution in [-0.2, 0) is 12.8 Å². The highest BCUT2D eigenvalue weighted by Gasteiger charge is 2.24. The molecule has 0 saturated heterocycles. The van der Waals surface area contributed by atoms with Crippen molar-refractivity contribution in [2.45, 2.75) is 17.8 Å². The highest BCUT2D eigenvalue weighted by atomic mass is 32.2. The molecular weight excluding hydrogens is 470 g/mol. The number of nitrogens with one attached hydrogen (secondary N) is 1. The standard InChI is InChI=1S/C21H19N11O2S/c1-12(14-8-7-13-5-3-4-6-15(13)9-14)24-26-20(33)17-16(10-35-21-27-23-11-31(21)2)32(30-25-17)19-18(22)28-34-29-19/h3-9,11H,10H2,1-2H3,(H2,22,28)(H,26,33)/b24-12+. The van der Waals surface area contributed by atoms with Crippen molar-refractivity contribution < 1.29 is 9.42 Å². The lowest BCUT2D eigenvalue weighted by Gasteiger charge is -2.06. The van der Waals surface area contributed by atoms with Gasteiger partial charge in [0.05, 0.1) is 11.4 Å². The van der Waals surface area contributed by atoms with Crippen molar-refractivity contribution >= 4 is 40.0 Å². The highest BCUT2D eigenvalue weighted by Crippen LogP contribution is 2.24. The zero-order chi connectivity index (χ0) is 24.4. The van der Waals surface area contributed by atoms with Gasteiger partial charge in [-0.1, -0.05) is 53.4 Å². The van der Waals surface area contributed by atoms with Crippen LogP contribution in [0.1, 0.15) is 28.7 Å². The van der Waals surface area contributed by atoms with E-state index in [-0.39, 0.29) is 23.1 Å². The van der Waals surface area contributed by atoms with E-state index in [0.717, 1.165) is 16.3 Å². The van der Waals surface area contributed by atoms with Gasteiger partial charge in [-0.15, -0.1) is 15.3 Å². The number of carbonyl (C=O) groups excluding carboxylic acids is 1. The molecule has 13 nitrogen and oxygen atoms in total. The van der Waals surface area contributed by atoms with Gasteiger partial charge >= 0.3 is 0 Å². The number of benzene rings is 2. The van der Waals surface area contributed by atoms with Gasteiger partial charge in [0.1, 0.15) is 6.33 Å². The maximum atomic E-state index is 13.0. The predicted octanol–water partition coefficient (Wildman–Crippen LogP) is 1.96. The Morgan fingerprint density at radius 3 is 2.74 bits per heavy atom. The van der Waals surface area contributed by atoms with E-state index in [4.69, 9.17) is 5.73 Å². The number of nitrogens with two attached hydrogens (primary N) is 1. The Morgan fingerprint density at radius 2 is 2.00 bits per heavy atom. The van der Waals surface area contributed by atoms with Crippen molar-refractivity contribution in [1.82, 2.24) is 45.5 Å². The highest BCUT2D eigenvalue weighted by molar-refractivity contribution is 7.98. The average Bonchev–Trinajstić information content (AvgIpc) is 3.60. The van der Waals surface area contributed by atoms with Gasteiger partial charge in [0.2, 0.25) is 11.6 Å². The van der Waals surface area contributed by atoms with E-state index in [1.807, 2.05) is 56.4 Å². The fourth-order valence-corrected chi connectivity index (χ4v) is 4.20. The monoisotopic (exact) mass is 489 g/mol.